The highest BCUT2D eigenvalue weighted by atomic mass is 16.4. The van der Waals surface area contributed by atoms with Gasteiger partial charge in [0.1, 0.15) is 0 Å². The van der Waals surface area contributed by atoms with Gasteiger partial charge in [0.2, 0.25) is 16.2 Å². The van der Waals surface area contributed by atoms with E-state index in [4.69, 9.17) is 16.7 Å². The zero-order chi connectivity index (χ0) is 10.9. The number of benzene rings is 1. The van der Waals surface area contributed by atoms with Crippen LogP contribution in [0.25, 0.3) is 0 Å². The fourth-order valence-corrected chi connectivity index (χ4v) is 1.03. The second kappa shape index (κ2) is 3.38. The van der Waals surface area contributed by atoms with Gasteiger partial charge >= 0.3 is 0 Å². The second-order valence-electron chi connectivity index (χ2n) is 2.53. The van der Waals surface area contributed by atoms with Gasteiger partial charge in [-0.05, 0) is 0 Å². The van der Waals surface area contributed by atoms with E-state index in [-0.39, 0.29) is 12.1 Å². The van der Waals surface area contributed by atoms with Crippen LogP contribution in [0.4, 0.5) is 5.69 Å². The van der Waals surface area contributed by atoms with E-state index in [1.807, 2.05) is 0 Å². The summed E-state index contributed by atoms with van der Waals surface area (Å²) in [7, 11) is 0. The Morgan fingerprint density at radius 1 is 1.14 bits per heavy atom. The summed E-state index contributed by atoms with van der Waals surface area (Å²) in [4.78, 5) is 33.4. The predicted molar refractivity (Wildman–Crippen MR) is 47.3 cm³/mol. The molecule has 0 fully saturated rings. The van der Waals surface area contributed by atoms with Gasteiger partial charge in [-0.25, -0.2) is 0 Å². The third-order valence-electron chi connectivity index (χ3n) is 1.78. The molecule has 0 unspecified atom stereocenters. The minimum Gasteiger partial charge on any atom is -0.410 e. The van der Waals surface area contributed by atoms with Crippen LogP contribution in [0.15, 0.2) is 19.5 Å². The number of nitrogens with zero attached hydrogens (tertiary/aromatic N) is 1. The summed E-state index contributed by atoms with van der Waals surface area (Å²) in [6.07, 6.45) is 0. The molecule has 0 aliphatic heterocycles. The molecule has 0 heterocycles. The topological polar surface area (TPSA) is 136 Å². The van der Waals surface area contributed by atoms with Crippen molar-refractivity contribution in [2.24, 2.45) is 10.9 Å². The number of hydrogen-bond donors (Lipinski definition) is 3. The average molecular weight is 197 g/mol. The first-order valence-electron chi connectivity index (χ1n) is 3.59. The molecule has 7 nitrogen and oxygen atoms in total. The smallest absolute Gasteiger partial charge is 0.259 e. The molecule has 0 aromatic heterocycles. The normalized spacial score (nSPS) is 11.9. The number of anilines is 1. The van der Waals surface area contributed by atoms with Crippen molar-refractivity contribution >= 4 is 5.69 Å². The van der Waals surface area contributed by atoms with E-state index < -0.39 is 27.3 Å². The van der Waals surface area contributed by atoms with E-state index in [0.29, 0.717) is 0 Å². The number of nitrogens with two attached hydrogens (primary N) is 2. The van der Waals surface area contributed by atoms with Gasteiger partial charge in [-0.1, -0.05) is 5.16 Å². The lowest BCUT2D eigenvalue weighted by Gasteiger charge is -1.96. The van der Waals surface area contributed by atoms with Gasteiger partial charge < -0.3 is 16.7 Å². The largest absolute Gasteiger partial charge is 0.410 e. The number of nitrogen functional groups attached to an aromatic ring is 1. The van der Waals surface area contributed by atoms with E-state index in [2.05, 4.69) is 5.16 Å². The molecule has 0 saturated carbocycles. The van der Waals surface area contributed by atoms with Gasteiger partial charge in [-0.15, -0.1) is 0 Å². The summed E-state index contributed by atoms with van der Waals surface area (Å²) in [5.41, 5.74) is 6.52. The zero-order valence-electron chi connectivity index (χ0n) is 6.98. The molecule has 0 atom stereocenters. The Hall–Kier alpha value is -2.02. The first-order chi connectivity index (χ1) is 6.54. The number of hydrogen-bond acceptors (Lipinski definition) is 7. The molecular weight excluding hydrogens is 190 g/mol. The lowest BCUT2D eigenvalue weighted by Crippen LogP contribution is -2.50. The van der Waals surface area contributed by atoms with Gasteiger partial charge in [0.25, 0.3) is 5.43 Å². The summed E-state index contributed by atoms with van der Waals surface area (Å²) < 4.78 is 0. The third kappa shape index (κ3) is 1.19. The molecule has 0 saturated heterocycles. The summed E-state index contributed by atoms with van der Waals surface area (Å²) >= 11 is 0. The molecule has 74 valence electrons. The molecule has 0 amide bonds. The minimum absolute atomic E-state index is 0.243. The maximum atomic E-state index is 11.2. The highest BCUT2D eigenvalue weighted by molar-refractivity contribution is 5.45. The van der Waals surface area contributed by atoms with Gasteiger partial charge in [0, 0.05) is 12.1 Å². The molecule has 1 rings (SSSR count). The first kappa shape index (κ1) is 10.1. The SMILES string of the molecule is NCc1c(N)c(=O)c(=NO)c(=O)c1=O. The Morgan fingerprint density at radius 3 is 2.14 bits per heavy atom. The van der Waals surface area contributed by atoms with Crippen molar-refractivity contribution in [2.45, 2.75) is 6.54 Å². The predicted octanol–water partition coefficient (Wildman–Crippen LogP) is -3.03. The van der Waals surface area contributed by atoms with Crippen molar-refractivity contribution in [3.8, 4) is 0 Å². The molecule has 1 aromatic carbocycles. The Morgan fingerprint density at radius 2 is 1.71 bits per heavy atom. The van der Waals surface area contributed by atoms with E-state index in [1.165, 1.54) is 0 Å². The molecule has 0 aliphatic carbocycles. The maximum absolute atomic E-state index is 11.2. The average Bonchev–Trinajstić information content (AvgIpc) is 2.17. The highest BCUT2D eigenvalue weighted by Crippen LogP contribution is 1.93. The van der Waals surface area contributed by atoms with Crippen molar-refractivity contribution in [3.05, 3.63) is 41.6 Å². The molecule has 0 bridgehead atoms. The minimum atomic E-state index is -1.19. The van der Waals surface area contributed by atoms with Gasteiger partial charge in [0.05, 0.1) is 5.69 Å². The van der Waals surface area contributed by atoms with Crippen LogP contribution < -0.4 is 33.1 Å². The lowest BCUT2D eigenvalue weighted by molar-refractivity contribution is 0.300. The second-order valence-corrected chi connectivity index (χ2v) is 2.53. The quantitative estimate of drug-likeness (QED) is 0.189. The summed E-state index contributed by atoms with van der Waals surface area (Å²) in [6.45, 7) is -0.305. The highest BCUT2D eigenvalue weighted by Gasteiger charge is 2.13. The van der Waals surface area contributed by atoms with Gasteiger partial charge in [-0.2, -0.15) is 0 Å². The first-order valence-corrected chi connectivity index (χ1v) is 3.59. The standard InChI is InChI=1S/C7H7N3O4/c8-1-2-3(9)6(12)4(10-14)7(13)5(2)11/h14H,1,8-9H2. The van der Waals surface area contributed by atoms with Crippen molar-refractivity contribution < 1.29 is 5.21 Å². The van der Waals surface area contributed by atoms with Crippen molar-refractivity contribution in [1.82, 2.24) is 0 Å². The molecule has 0 aliphatic rings. The third-order valence-corrected chi connectivity index (χ3v) is 1.78. The van der Waals surface area contributed by atoms with Crippen LogP contribution in [-0.2, 0) is 6.54 Å². The summed E-state index contributed by atoms with van der Waals surface area (Å²) in [5.74, 6) is 0. The lowest BCUT2D eigenvalue weighted by atomic mass is 10.1. The zero-order valence-corrected chi connectivity index (χ0v) is 6.98. The Balaban J connectivity index is 4.05. The van der Waals surface area contributed by atoms with Crippen LogP contribution in [0, 0.1) is 0 Å². The Bertz CT molecular complexity index is 568. The summed E-state index contributed by atoms with van der Waals surface area (Å²) in [6, 6.07) is 0. The van der Waals surface area contributed by atoms with Crippen LogP contribution in [0.2, 0.25) is 0 Å². The van der Waals surface area contributed by atoms with E-state index in [9.17, 15) is 14.4 Å². The maximum Gasteiger partial charge on any atom is 0.259 e. The monoisotopic (exact) mass is 197 g/mol. The van der Waals surface area contributed by atoms with Crippen LogP contribution in [-0.4, -0.2) is 5.21 Å². The summed E-state index contributed by atoms with van der Waals surface area (Å²) in [5, 5.41) is 9.86. The Labute approximate surface area is 76.6 Å². The van der Waals surface area contributed by atoms with Crippen LogP contribution in [0.1, 0.15) is 5.56 Å². The molecule has 1 aromatic rings. The Kier molecular flexibility index (Phi) is 2.43. The molecule has 5 N–H and O–H groups in total. The van der Waals surface area contributed by atoms with E-state index in [1.54, 1.807) is 0 Å². The van der Waals surface area contributed by atoms with Crippen LogP contribution >= 0.6 is 0 Å². The van der Waals surface area contributed by atoms with Crippen LogP contribution in [0.5, 0.6) is 0 Å². The van der Waals surface area contributed by atoms with E-state index >= 15 is 0 Å². The molecule has 0 radical (unpaired) electrons. The van der Waals surface area contributed by atoms with Gasteiger partial charge in [-0.3, -0.25) is 14.4 Å². The van der Waals surface area contributed by atoms with Crippen molar-refractivity contribution in [1.29, 1.82) is 0 Å². The number of rotatable bonds is 1. The van der Waals surface area contributed by atoms with Gasteiger partial charge in [0.15, 0.2) is 0 Å². The molecule has 7 heteroatoms. The molecule has 0 spiro atoms. The van der Waals surface area contributed by atoms with Crippen LogP contribution in [0.3, 0.4) is 0 Å². The fourth-order valence-electron chi connectivity index (χ4n) is 1.03. The fraction of sp³-hybridized carbons (Fsp3) is 0.143. The van der Waals surface area contributed by atoms with E-state index in [0.717, 1.165) is 0 Å². The molecular formula is C7H7N3O4. The van der Waals surface area contributed by atoms with Crippen molar-refractivity contribution in [2.75, 3.05) is 5.73 Å². The van der Waals surface area contributed by atoms with Crippen molar-refractivity contribution in [3.63, 3.8) is 0 Å². The molecule has 14 heavy (non-hydrogen) atoms.